The number of aromatic nitrogens is 2. The van der Waals surface area contributed by atoms with E-state index < -0.39 is 0 Å². The number of carbonyl (C=O) groups is 1. The van der Waals surface area contributed by atoms with E-state index in [-0.39, 0.29) is 5.91 Å². The van der Waals surface area contributed by atoms with E-state index in [1.807, 2.05) is 4.90 Å². The highest BCUT2D eigenvalue weighted by Gasteiger charge is 2.30. The molecule has 0 saturated carbocycles. The second-order valence-electron chi connectivity index (χ2n) is 11.9. The molecule has 10 nitrogen and oxygen atoms in total. The molecule has 1 unspecified atom stereocenters. The number of ether oxygens (including phenoxy) is 2. The van der Waals surface area contributed by atoms with Crippen LogP contribution in [0, 0.1) is 18.3 Å². The molecule has 0 bridgehead atoms. The maximum Gasteiger partial charge on any atom is 0.318 e. The standard InChI is InChI=1S/C33H42N6O3.C2H3N.CH4S/c1-24-8-4-9-25-10-5-12-29(31(24)25)39-16-14-27-28(22-39)34-33(42-23-26-11-6-15-36(26)2)35-32(27)38-19-17-37(18-20-38)30(40)13-7-21-41-3;1-2-3;1-2/h4-5,7-10,12-13,26H,6,11,14-23H2,1-3H3;1H3;2H,1H3/b13-7+;;. The van der Waals surface area contributed by atoms with E-state index in [4.69, 9.17) is 24.7 Å². The molecule has 1 aromatic heterocycles. The van der Waals surface area contributed by atoms with Gasteiger partial charge in [-0.25, -0.2) is 0 Å². The first-order chi connectivity index (χ1) is 22.9. The van der Waals surface area contributed by atoms with Gasteiger partial charge in [-0.2, -0.15) is 27.9 Å². The number of nitriles is 1. The van der Waals surface area contributed by atoms with Crippen LogP contribution in [-0.2, 0) is 22.5 Å². The van der Waals surface area contributed by atoms with Crippen molar-refractivity contribution in [1.29, 1.82) is 5.26 Å². The number of nitrogens with zero attached hydrogens (tertiary/aromatic N) is 7. The molecule has 47 heavy (non-hydrogen) atoms. The van der Waals surface area contributed by atoms with Gasteiger partial charge in [0.1, 0.15) is 12.4 Å². The van der Waals surface area contributed by atoms with Crippen LogP contribution in [0.4, 0.5) is 11.5 Å². The molecule has 11 heteroatoms. The monoisotopic (exact) mass is 659 g/mol. The van der Waals surface area contributed by atoms with Gasteiger partial charge < -0.3 is 29.1 Å². The third-order valence-corrected chi connectivity index (χ3v) is 8.95. The number of hydrogen-bond donors (Lipinski definition) is 1. The predicted octanol–water partition coefficient (Wildman–Crippen LogP) is 4.90. The van der Waals surface area contributed by atoms with Crippen molar-refractivity contribution in [3.05, 3.63) is 65.4 Å². The van der Waals surface area contributed by atoms with E-state index in [1.165, 1.54) is 40.9 Å². The van der Waals surface area contributed by atoms with Crippen LogP contribution in [0.25, 0.3) is 10.8 Å². The average Bonchev–Trinajstić information content (AvgIpc) is 3.52. The Balaban J connectivity index is 0.000000947. The van der Waals surface area contributed by atoms with Crippen molar-refractivity contribution in [3.8, 4) is 12.1 Å². The molecule has 252 valence electrons. The fraction of sp³-hybridized carbons (Fsp3) is 0.500. The Morgan fingerprint density at radius 2 is 1.79 bits per heavy atom. The molecule has 2 fully saturated rings. The molecule has 3 aliphatic rings. The molecular weight excluding hydrogens is 611 g/mol. The van der Waals surface area contributed by atoms with Gasteiger partial charge in [0.2, 0.25) is 5.91 Å². The number of carbonyl (C=O) groups excluding carboxylic acids is 1. The molecular formula is C36H49N7O3S. The lowest BCUT2D eigenvalue weighted by molar-refractivity contribution is -0.126. The van der Waals surface area contributed by atoms with Gasteiger partial charge in [-0.05, 0) is 63.1 Å². The number of thiol groups is 1. The van der Waals surface area contributed by atoms with Crippen LogP contribution in [-0.4, -0.2) is 105 Å². The number of likely N-dealkylation sites (tertiary alicyclic amines) is 1. The topological polar surface area (TPSA) is 98.1 Å². The van der Waals surface area contributed by atoms with E-state index in [2.05, 4.69) is 77.7 Å². The Hall–Kier alpha value is -3.85. The van der Waals surface area contributed by atoms with Crippen LogP contribution in [0.5, 0.6) is 6.01 Å². The van der Waals surface area contributed by atoms with Gasteiger partial charge in [0.25, 0.3) is 0 Å². The van der Waals surface area contributed by atoms with E-state index in [0.29, 0.717) is 44.9 Å². The van der Waals surface area contributed by atoms with E-state index >= 15 is 0 Å². The highest BCUT2D eigenvalue weighted by molar-refractivity contribution is 7.79. The van der Waals surface area contributed by atoms with Gasteiger partial charge in [0.05, 0.1) is 24.9 Å². The van der Waals surface area contributed by atoms with E-state index in [9.17, 15) is 4.79 Å². The molecule has 0 N–H and O–H groups in total. The molecule has 1 atom stereocenters. The van der Waals surface area contributed by atoms with Crippen LogP contribution in [0.2, 0.25) is 0 Å². The highest BCUT2D eigenvalue weighted by atomic mass is 32.1. The predicted molar refractivity (Wildman–Crippen MR) is 193 cm³/mol. The third kappa shape index (κ3) is 8.95. The van der Waals surface area contributed by atoms with Gasteiger partial charge in [-0.15, -0.1) is 0 Å². The first-order valence-electron chi connectivity index (χ1n) is 16.3. The first kappa shape index (κ1) is 36.0. The zero-order valence-electron chi connectivity index (χ0n) is 28.5. The Bertz CT molecular complexity index is 1550. The van der Waals surface area contributed by atoms with Crippen LogP contribution in [0.3, 0.4) is 0 Å². The van der Waals surface area contributed by atoms with Gasteiger partial charge in [0, 0.05) is 75.5 Å². The number of aryl methyl sites for hydroxylation is 1. The van der Waals surface area contributed by atoms with Crippen molar-refractivity contribution in [1.82, 2.24) is 19.8 Å². The second kappa shape index (κ2) is 17.9. The number of amides is 1. The van der Waals surface area contributed by atoms with Crippen molar-refractivity contribution < 1.29 is 14.3 Å². The number of piperazine rings is 1. The van der Waals surface area contributed by atoms with E-state index in [0.717, 1.165) is 50.5 Å². The van der Waals surface area contributed by atoms with Crippen LogP contribution >= 0.6 is 12.6 Å². The molecule has 3 aromatic rings. The van der Waals surface area contributed by atoms with Crippen molar-refractivity contribution in [2.75, 3.05) is 82.7 Å². The largest absolute Gasteiger partial charge is 0.462 e. The van der Waals surface area contributed by atoms with Crippen molar-refractivity contribution in [2.45, 2.75) is 45.7 Å². The van der Waals surface area contributed by atoms with Crippen molar-refractivity contribution in [3.63, 3.8) is 0 Å². The third-order valence-electron chi connectivity index (χ3n) is 8.95. The van der Waals surface area contributed by atoms with Crippen LogP contribution < -0.4 is 14.5 Å². The quantitative estimate of drug-likeness (QED) is 0.268. The lowest BCUT2D eigenvalue weighted by Crippen LogP contribution is -2.49. The number of methoxy groups -OCH3 is 1. The molecule has 0 spiro atoms. The molecule has 0 radical (unpaired) electrons. The maximum atomic E-state index is 12.6. The Labute approximate surface area is 285 Å². The summed E-state index contributed by atoms with van der Waals surface area (Å²) in [6, 6.07) is 15.7. The minimum atomic E-state index is 0.0298. The molecule has 1 amide bonds. The SMILES string of the molecule is CC#N.COC/C=C/C(=O)N1CCN(c2nc(OCC3CCCN3C)nc3c2CCN(c2cccc4cccc(C)c24)C3)CC1.CS. The van der Waals surface area contributed by atoms with Gasteiger partial charge in [-0.1, -0.05) is 36.4 Å². The number of rotatable bonds is 8. The smallest absolute Gasteiger partial charge is 0.318 e. The Kier molecular flexibility index (Phi) is 13.7. The molecule has 0 aliphatic carbocycles. The van der Waals surface area contributed by atoms with E-state index in [1.54, 1.807) is 31.6 Å². The summed E-state index contributed by atoms with van der Waals surface area (Å²) in [4.78, 5) is 31.7. The number of fused-ring (bicyclic) bond motifs is 2. The van der Waals surface area contributed by atoms with Crippen molar-refractivity contribution >= 4 is 40.8 Å². The summed E-state index contributed by atoms with van der Waals surface area (Å²) in [5.74, 6) is 0.993. The second-order valence-corrected chi connectivity index (χ2v) is 11.9. The minimum Gasteiger partial charge on any atom is -0.462 e. The lowest BCUT2D eigenvalue weighted by Gasteiger charge is -2.38. The zero-order valence-corrected chi connectivity index (χ0v) is 29.4. The number of benzene rings is 2. The van der Waals surface area contributed by atoms with Crippen LogP contribution in [0.1, 0.15) is 36.6 Å². The van der Waals surface area contributed by atoms with Crippen molar-refractivity contribution in [2.24, 2.45) is 0 Å². The lowest BCUT2D eigenvalue weighted by atomic mass is 9.99. The average molecular weight is 660 g/mol. The van der Waals surface area contributed by atoms with Gasteiger partial charge in [0.15, 0.2) is 0 Å². The minimum absolute atomic E-state index is 0.0298. The summed E-state index contributed by atoms with van der Waals surface area (Å²) in [7, 11) is 3.79. The summed E-state index contributed by atoms with van der Waals surface area (Å²) in [5, 5.41) is 9.88. The maximum absolute atomic E-state index is 12.6. The highest BCUT2D eigenvalue weighted by Crippen LogP contribution is 2.35. The van der Waals surface area contributed by atoms with Gasteiger partial charge >= 0.3 is 6.01 Å². The summed E-state index contributed by atoms with van der Waals surface area (Å²) in [5.41, 5.74) is 4.77. The summed E-state index contributed by atoms with van der Waals surface area (Å²) >= 11 is 3.53. The molecule has 2 saturated heterocycles. The molecule has 6 rings (SSSR count). The molecule has 2 aromatic carbocycles. The Morgan fingerprint density at radius 1 is 1.06 bits per heavy atom. The number of hydrogen-bond acceptors (Lipinski definition) is 10. The summed E-state index contributed by atoms with van der Waals surface area (Å²) < 4.78 is 11.3. The summed E-state index contributed by atoms with van der Waals surface area (Å²) in [6.07, 6.45) is 8.27. The first-order valence-corrected chi connectivity index (χ1v) is 17.2. The summed E-state index contributed by atoms with van der Waals surface area (Å²) in [6.45, 7) is 10.1. The normalized spacial score (nSPS) is 17.8. The Morgan fingerprint density at radius 3 is 2.47 bits per heavy atom. The number of anilines is 2. The molecule has 4 heterocycles. The van der Waals surface area contributed by atoms with Crippen LogP contribution in [0.15, 0.2) is 48.6 Å². The molecule has 3 aliphatic heterocycles. The fourth-order valence-corrected chi connectivity index (χ4v) is 6.54. The van der Waals surface area contributed by atoms with Gasteiger partial charge in [-0.3, -0.25) is 4.79 Å². The fourth-order valence-electron chi connectivity index (χ4n) is 6.54. The number of likely N-dealkylation sites (N-methyl/N-ethyl adjacent to an activating group) is 1. The zero-order chi connectivity index (χ0) is 33.8.